The van der Waals surface area contributed by atoms with Crippen LogP contribution in [0.25, 0.3) is 0 Å². The fraction of sp³-hybridized carbons (Fsp3) is 0.600. The Bertz CT molecular complexity index is 633. The minimum absolute atomic E-state index is 0.101. The number of nitrogens with one attached hydrogen (secondary N) is 2. The Morgan fingerprint density at radius 3 is 2.67 bits per heavy atom. The number of benzene rings is 1. The molecule has 0 aromatic heterocycles. The molecule has 0 amide bonds. The second-order valence-electron chi connectivity index (χ2n) is 6.19. The van der Waals surface area contributed by atoms with Crippen molar-refractivity contribution in [3.8, 4) is 0 Å². The molecule has 2 aliphatic rings. The highest BCUT2D eigenvalue weighted by atomic mass is 35.5. The third-order valence-electron chi connectivity index (χ3n) is 4.75. The summed E-state index contributed by atoms with van der Waals surface area (Å²) in [6, 6.07) is 5.05. The van der Waals surface area contributed by atoms with Crippen molar-refractivity contribution in [2.45, 2.75) is 43.2 Å². The lowest BCUT2D eigenvalue weighted by atomic mass is 9.96. The standard InChI is InChI=1S/C15H21ClN2O2S/c1-17-9-12-4-5-13(8-14(12)16)21(19,20)18-15-7-10-2-3-11(15)6-10/h4-5,8,10-11,15,17-18H,2-3,6-7,9H2,1H3. The van der Waals surface area contributed by atoms with Crippen LogP contribution in [0.4, 0.5) is 0 Å². The van der Waals surface area contributed by atoms with Crippen molar-refractivity contribution in [3.63, 3.8) is 0 Å². The molecule has 2 fully saturated rings. The average molecular weight is 329 g/mol. The maximum atomic E-state index is 12.5. The Hall–Kier alpha value is -0.620. The molecule has 1 aromatic rings. The van der Waals surface area contributed by atoms with Crippen molar-refractivity contribution in [2.24, 2.45) is 11.8 Å². The molecule has 2 aliphatic carbocycles. The molecule has 0 spiro atoms. The fourth-order valence-electron chi connectivity index (χ4n) is 3.69. The van der Waals surface area contributed by atoms with E-state index in [4.69, 9.17) is 11.6 Å². The number of halogens is 1. The second-order valence-corrected chi connectivity index (χ2v) is 8.31. The van der Waals surface area contributed by atoms with Gasteiger partial charge < -0.3 is 5.32 Å². The highest BCUT2D eigenvalue weighted by Gasteiger charge is 2.41. The maximum Gasteiger partial charge on any atom is 0.240 e. The Kier molecular flexibility index (Phi) is 4.28. The number of sulfonamides is 1. The third kappa shape index (κ3) is 3.11. The van der Waals surface area contributed by atoms with Crippen LogP contribution in [0.1, 0.15) is 31.2 Å². The average Bonchev–Trinajstić information content (AvgIpc) is 3.03. The molecule has 0 saturated heterocycles. The van der Waals surface area contributed by atoms with Gasteiger partial charge in [-0.2, -0.15) is 0 Å². The van der Waals surface area contributed by atoms with E-state index in [1.807, 2.05) is 7.05 Å². The van der Waals surface area contributed by atoms with Gasteiger partial charge >= 0.3 is 0 Å². The molecule has 4 nitrogen and oxygen atoms in total. The van der Waals surface area contributed by atoms with Crippen molar-refractivity contribution in [3.05, 3.63) is 28.8 Å². The zero-order valence-electron chi connectivity index (χ0n) is 12.1. The van der Waals surface area contributed by atoms with Crippen LogP contribution in [0.15, 0.2) is 23.1 Å². The molecule has 21 heavy (non-hydrogen) atoms. The van der Waals surface area contributed by atoms with E-state index in [2.05, 4.69) is 10.0 Å². The van der Waals surface area contributed by atoms with Crippen LogP contribution in [-0.4, -0.2) is 21.5 Å². The third-order valence-corrected chi connectivity index (χ3v) is 6.59. The van der Waals surface area contributed by atoms with Crippen molar-refractivity contribution < 1.29 is 8.42 Å². The van der Waals surface area contributed by atoms with E-state index in [0.717, 1.165) is 18.4 Å². The Morgan fingerprint density at radius 2 is 2.10 bits per heavy atom. The summed E-state index contributed by atoms with van der Waals surface area (Å²) in [6.07, 6.45) is 4.57. The summed E-state index contributed by atoms with van der Waals surface area (Å²) >= 11 is 6.16. The van der Waals surface area contributed by atoms with Gasteiger partial charge in [-0.3, -0.25) is 0 Å². The first kappa shape index (κ1) is 15.3. The number of rotatable bonds is 5. The topological polar surface area (TPSA) is 58.2 Å². The van der Waals surface area contributed by atoms with Gasteiger partial charge in [0.15, 0.2) is 0 Å². The molecular formula is C15H21ClN2O2S. The molecule has 3 unspecified atom stereocenters. The number of hydrogen-bond donors (Lipinski definition) is 2. The molecule has 1 aromatic carbocycles. The lowest BCUT2D eigenvalue weighted by Crippen LogP contribution is -2.38. The minimum atomic E-state index is -3.48. The van der Waals surface area contributed by atoms with Gasteiger partial charge in [-0.1, -0.05) is 24.1 Å². The first-order valence-electron chi connectivity index (χ1n) is 7.45. The SMILES string of the molecule is CNCc1ccc(S(=O)(=O)NC2CC3CCC2C3)cc1Cl. The van der Waals surface area contributed by atoms with E-state index >= 15 is 0 Å². The van der Waals surface area contributed by atoms with Crippen LogP contribution < -0.4 is 10.0 Å². The monoisotopic (exact) mass is 328 g/mol. The summed E-state index contributed by atoms with van der Waals surface area (Å²) in [5.74, 6) is 1.23. The van der Waals surface area contributed by atoms with Gasteiger partial charge in [0, 0.05) is 17.6 Å². The number of hydrogen-bond acceptors (Lipinski definition) is 3. The summed E-state index contributed by atoms with van der Waals surface area (Å²) in [5, 5.41) is 3.50. The first-order chi connectivity index (χ1) is 9.99. The van der Waals surface area contributed by atoms with Crippen LogP contribution in [-0.2, 0) is 16.6 Å². The van der Waals surface area contributed by atoms with E-state index in [9.17, 15) is 8.42 Å². The van der Waals surface area contributed by atoms with Gasteiger partial charge in [-0.25, -0.2) is 13.1 Å². The Balaban J connectivity index is 1.77. The molecule has 0 aliphatic heterocycles. The van der Waals surface area contributed by atoms with Gasteiger partial charge in [0.25, 0.3) is 0 Å². The maximum absolute atomic E-state index is 12.5. The van der Waals surface area contributed by atoms with E-state index in [1.165, 1.54) is 12.8 Å². The molecule has 2 N–H and O–H groups in total. The van der Waals surface area contributed by atoms with Crippen LogP contribution in [0.3, 0.4) is 0 Å². The van der Waals surface area contributed by atoms with E-state index in [1.54, 1.807) is 18.2 Å². The molecule has 116 valence electrons. The highest BCUT2D eigenvalue weighted by molar-refractivity contribution is 7.89. The van der Waals surface area contributed by atoms with Crippen molar-refractivity contribution >= 4 is 21.6 Å². The van der Waals surface area contributed by atoms with E-state index in [-0.39, 0.29) is 10.9 Å². The molecule has 6 heteroatoms. The smallest absolute Gasteiger partial charge is 0.240 e. The van der Waals surface area contributed by atoms with E-state index in [0.29, 0.717) is 23.4 Å². The minimum Gasteiger partial charge on any atom is -0.316 e. The van der Waals surface area contributed by atoms with Gasteiger partial charge in [0.2, 0.25) is 10.0 Å². The molecule has 0 heterocycles. The van der Waals surface area contributed by atoms with Crippen LogP contribution in [0.2, 0.25) is 5.02 Å². The molecule has 0 radical (unpaired) electrons. The summed E-state index contributed by atoms with van der Waals surface area (Å²) < 4.78 is 27.9. The molecule has 3 atom stereocenters. The van der Waals surface area contributed by atoms with Gasteiger partial charge in [-0.05, 0) is 55.8 Å². The molecule has 2 bridgehead atoms. The van der Waals surface area contributed by atoms with Crippen LogP contribution in [0, 0.1) is 11.8 Å². The van der Waals surface area contributed by atoms with Gasteiger partial charge in [0.05, 0.1) is 4.90 Å². The largest absolute Gasteiger partial charge is 0.316 e. The normalized spacial score (nSPS) is 28.2. The van der Waals surface area contributed by atoms with Crippen LogP contribution in [0.5, 0.6) is 0 Å². The predicted molar refractivity (Wildman–Crippen MR) is 83.8 cm³/mol. The number of fused-ring (bicyclic) bond motifs is 2. The molecular weight excluding hydrogens is 308 g/mol. The zero-order valence-corrected chi connectivity index (χ0v) is 13.7. The summed E-state index contributed by atoms with van der Waals surface area (Å²) in [7, 11) is -1.64. The predicted octanol–water partition coefficient (Wildman–Crippen LogP) is 2.53. The van der Waals surface area contributed by atoms with Crippen molar-refractivity contribution in [1.82, 2.24) is 10.0 Å². The van der Waals surface area contributed by atoms with Gasteiger partial charge in [0.1, 0.15) is 0 Å². The lowest BCUT2D eigenvalue weighted by Gasteiger charge is -2.22. The fourth-order valence-corrected chi connectivity index (χ4v) is 5.34. The second kappa shape index (κ2) is 5.88. The zero-order chi connectivity index (χ0) is 15.0. The molecule has 2 saturated carbocycles. The first-order valence-corrected chi connectivity index (χ1v) is 9.31. The van der Waals surface area contributed by atoms with Crippen molar-refractivity contribution in [1.29, 1.82) is 0 Å². The molecule has 3 rings (SSSR count). The summed E-state index contributed by atoms with van der Waals surface area (Å²) in [6.45, 7) is 0.624. The quantitative estimate of drug-likeness (QED) is 0.873. The Morgan fingerprint density at radius 1 is 1.29 bits per heavy atom. The van der Waals surface area contributed by atoms with Crippen LogP contribution >= 0.6 is 11.6 Å². The van der Waals surface area contributed by atoms with E-state index < -0.39 is 10.0 Å². The van der Waals surface area contributed by atoms with Gasteiger partial charge in [-0.15, -0.1) is 0 Å². The summed E-state index contributed by atoms with van der Waals surface area (Å²) in [4.78, 5) is 0.259. The summed E-state index contributed by atoms with van der Waals surface area (Å²) in [5.41, 5.74) is 0.901. The Labute approximate surface area is 131 Å². The highest BCUT2D eigenvalue weighted by Crippen LogP contribution is 2.44. The lowest BCUT2D eigenvalue weighted by molar-refractivity contribution is 0.390. The van der Waals surface area contributed by atoms with Crippen molar-refractivity contribution in [2.75, 3.05) is 7.05 Å².